The molecule has 4 rings (SSSR count). The van der Waals surface area contributed by atoms with E-state index in [1.165, 1.54) is 0 Å². The number of benzene rings is 1. The minimum Gasteiger partial charge on any atom is -0.349 e. The van der Waals surface area contributed by atoms with Gasteiger partial charge in [-0.3, -0.25) is 9.59 Å². The maximum atomic E-state index is 12.8. The first kappa shape index (κ1) is 18.2. The molecule has 0 aliphatic heterocycles. The molecule has 1 fully saturated rings. The number of para-hydroxylation sites is 1. The lowest BCUT2D eigenvalue weighted by atomic mass is 9.87. The van der Waals surface area contributed by atoms with Gasteiger partial charge in [0.1, 0.15) is 11.3 Å². The molecule has 2 aromatic heterocycles. The van der Waals surface area contributed by atoms with E-state index in [1.807, 2.05) is 24.4 Å². The minimum atomic E-state index is -0.338. The third-order valence-corrected chi connectivity index (χ3v) is 5.37. The van der Waals surface area contributed by atoms with Crippen LogP contribution in [0.15, 0.2) is 54.9 Å². The quantitative estimate of drug-likeness (QED) is 0.725. The van der Waals surface area contributed by atoms with Crippen molar-refractivity contribution in [2.24, 2.45) is 5.92 Å². The van der Waals surface area contributed by atoms with Crippen LogP contribution < -0.4 is 10.6 Å². The number of rotatable bonds is 4. The number of anilines is 1. The van der Waals surface area contributed by atoms with Crippen LogP contribution in [0.25, 0.3) is 5.65 Å². The molecule has 0 saturated heterocycles. The topological polar surface area (TPSA) is 75.5 Å². The SMILES string of the molecule is CC1CCC(NC(=O)c2ccccc2NC(=O)c2cn3ccccc3n2)CC1. The number of nitrogens with zero attached hydrogens (tertiary/aromatic N) is 2. The normalized spacial score (nSPS) is 19.3. The zero-order valence-corrected chi connectivity index (χ0v) is 15.9. The van der Waals surface area contributed by atoms with E-state index in [9.17, 15) is 9.59 Å². The molecule has 28 heavy (non-hydrogen) atoms. The van der Waals surface area contributed by atoms with Crippen molar-refractivity contribution in [3.8, 4) is 0 Å². The van der Waals surface area contributed by atoms with E-state index in [0.717, 1.165) is 31.6 Å². The molecule has 2 heterocycles. The van der Waals surface area contributed by atoms with Gasteiger partial charge in [0.25, 0.3) is 11.8 Å². The second kappa shape index (κ2) is 7.84. The summed E-state index contributed by atoms with van der Waals surface area (Å²) >= 11 is 0. The molecule has 1 aliphatic carbocycles. The Hall–Kier alpha value is -3.15. The van der Waals surface area contributed by atoms with E-state index in [1.54, 1.807) is 34.9 Å². The van der Waals surface area contributed by atoms with E-state index >= 15 is 0 Å². The lowest BCUT2D eigenvalue weighted by molar-refractivity contribution is 0.0924. The van der Waals surface area contributed by atoms with Crippen molar-refractivity contribution in [1.29, 1.82) is 0 Å². The fourth-order valence-electron chi connectivity index (χ4n) is 3.69. The summed E-state index contributed by atoms with van der Waals surface area (Å²) in [6.07, 6.45) is 7.79. The molecule has 3 aromatic rings. The molecule has 144 valence electrons. The zero-order chi connectivity index (χ0) is 19.5. The van der Waals surface area contributed by atoms with Crippen LogP contribution in [0.4, 0.5) is 5.69 Å². The number of aromatic nitrogens is 2. The van der Waals surface area contributed by atoms with Crippen molar-refractivity contribution < 1.29 is 9.59 Å². The molecule has 6 nitrogen and oxygen atoms in total. The number of imidazole rings is 1. The lowest BCUT2D eigenvalue weighted by Crippen LogP contribution is -2.37. The van der Waals surface area contributed by atoms with Crippen LogP contribution in [-0.4, -0.2) is 27.2 Å². The van der Waals surface area contributed by atoms with Crippen LogP contribution in [0.5, 0.6) is 0 Å². The van der Waals surface area contributed by atoms with Crippen molar-refractivity contribution in [2.45, 2.75) is 38.6 Å². The molecule has 2 amide bonds. The van der Waals surface area contributed by atoms with Gasteiger partial charge in [-0.2, -0.15) is 0 Å². The van der Waals surface area contributed by atoms with E-state index < -0.39 is 0 Å². The highest BCUT2D eigenvalue weighted by Gasteiger charge is 2.22. The van der Waals surface area contributed by atoms with Crippen LogP contribution in [0.3, 0.4) is 0 Å². The summed E-state index contributed by atoms with van der Waals surface area (Å²) in [6.45, 7) is 2.25. The maximum absolute atomic E-state index is 12.8. The third-order valence-electron chi connectivity index (χ3n) is 5.37. The van der Waals surface area contributed by atoms with Crippen LogP contribution in [-0.2, 0) is 0 Å². The standard InChI is InChI=1S/C22H24N4O2/c1-15-9-11-16(12-10-15)23-21(27)17-6-2-3-7-18(17)25-22(28)19-14-26-13-5-4-8-20(26)24-19/h2-8,13-16H,9-12H2,1H3,(H,23,27)(H,25,28). The molecule has 0 spiro atoms. The number of fused-ring (bicyclic) bond motifs is 1. The third kappa shape index (κ3) is 3.91. The van der Waals surface area contributed by atoms with Crippen molar-refractivity contribution in [2.75, 3.05) is 5.32 Å². The summed E-state index contributed by atoms with van der Waals surface area (Å²) in [6, 6.07) is 12.9. The van der Waals surface area contributed by atoms with Gasteiger partial charge in [-0.15, -0.1) is 0 Å². The van der Waals surface area contributed by atoms with Gasteiger partial charge in [0.2, 0.25) is 0 Å². The van der Waals surface area contributed by atoms with Crippen LogP contribution in [0.2, 0.25) is 0 Å². The van der Waals surface area contributed by atoms with E-state index in [4.69, 9.17) is 0 Å². The molecular formula is C22H24N4O2. The van der Waals surface area contributed by atoms with Gasteiger partial charge in [0.05, 0.1) is 11.3 Å². The molecule has 1 aliphatic rings. The number of hydrogen-bond acceptors (Lipinski definition) is 3. The van der Waals surface area contributed by atoms with Gasteiger partial charge in [-0.25, -0.2) is 4.98 Å². The predicted molar refractivity (Wildman–Crippen MR) is 108 cm³/mol. The summed E-state index contributed by atoms with van der Waals surface area (Å²) in [5.41, 5.74) is 1.97. The summed E-state index contributed by atoms with van der Waals surface area (Å²) in [5, 5.41) is 5.96. The van der Waals surface area contributed by atoms with E-state index in [0.29, 0.717) is 22.6 Å². The van der Waals surface area contributed by atoms with Gasteiger partial charge >= 0.3 is 0 Å². The maximum Gasteiger partial charge on any atom is 0.275 e. The summed E-state index contributed by atoms with van der Waals surface area (Å²) < 4.78 is 1.79. The van der Waals surface area contributed by atoms with Gasteiger partial charge in [0, 0.05) is 18.4 Å². The van der Waals surface area contributed by atoms with Crippen molar-refractivity contribution in [3.63, 3.8) is 0 Å². The highest BCUT2D eigenvalue weighted by molar-refractivity contribution is 6.08. The first-order chi connectivity index (χ1) is 13.6. The Morgan fingerprint density at radius 3 is 2.54 bits per heavy atom. The molecule has 0 unspecified atom stereocenters. The average molecular weight is 376 g/mol. The Kier molecular flexibility index (Phi) is 5.10. The first-order valence-electron chi connectivity index (χ1n) is 9.75. The van der Waals surface area contributed by atoms with Gasteiger partial charge in [0.15, 0.2) is 0 Å². The number of carbonyl (C=O) groups is 2. The number of nitrogens with one attached hydrogen (secondary N) is 2. The predicted octanol–water partition coefficient (Wildman–Crippen LogP) is 3.90. The van der Waals surface area contributed by atoms with E-state index in [-0.39, 0.29) is 17.9 Å². The number of pyridine rings is 1. The monoisotopic (exact) mass is 376 g/mol. The molecular weight excluding hydrogens is 352 g/mol. The van der Waals surface area contributed by atoms with E-state index in [2.05, 4.69) is 22.5 Å². The summed E-state index contributed by atoms with van der Waals surface area (Å²) in [7, 11) is 0. The Balaban J connectivity index is 1.49. The molecule has 1 saturated carbocycles. The Morgan fingerprint density at radius 2 is 1.75 bits per heavy atom. The highest BCUT2D eigenvalue weighted by Crippen LogP contribution is 2.24. The number of carbonyl (C=O) groups excluding carboxylic acids is 2. The molecule has 6 heteroatoms. The van der Waals surface area contributed by atoms with Crippen LogP contribution in [0, 0.1) is 5.92 Å². The average Bonchev–Trinajstić information content (AvgIpc) is 3.14. The largest absolute Gasteiger partial charge is 0.349 e. The Bertz CT molecular complexity index is 969. The van der Waals surface area contributed by atoms with Crippen molar-refractivity contribution in [1.82, 2.24) is 14.7 Å². The molecule has 0 radical (unpaired) electrons. The van der Waals surface area contributed by atoms with Crippen LogP contribution in [0.1, 0.15) is 53.5 Å². The minimum absolute atomic E-state index is 0.148. The molecule has 1 aromatic carbocycles. The fraction of sp³-hybridized carbons (Fsp3) is 0.318. The zero-order valence-electron chi connectivity index (χ0n) is 15.9. The number of amides is 2. The second-order valence-electron chi connectivity index (χ2n) is 7.52. The van der Waals surface area contributed by atoms with Crippen molar-refractivity contribution >= 4 is 23.1 Å². The Morgan fingerprint density at radius 1 is 1.00 bits per heavy atom. The second-order valence-corrected chi connectivity index (χ2v) is 7.52. The van der Waals surface area contributed by atoms with Crippen molar-refractivity contribution in [3.05, 3.63) is 66.1 Å². The van der Waals surface area contributed by atoms with Gasteiger partial charge < -0.3 is 15.0 Å². The summed E-state index contributed by atoms with van der Waals surface area (Å²) in [5.74, 6) is 0.242. The molecule has 2 N–H and O–H groups in total. The Labute approximate surface area is 164 Å². The van der Waals surface area contributed by atoms with Gasteiger partial charge in [-0.1, -0.05) is 25.1 Å². The number of hydrogen-bond donors (Lipinski definition) is 2. The first-order valence-corrected chi connectivity index (χ1v) is 9.75. The molecule has 0 bridgehead atoms. The van der Waals surface area contributed by atoms with Crippen LogP contribution >= 0.6 is 0 Å². The summed E-state index contributed by atoms with van der Waals surface area (Å²) in [4.78, 5) is 29.8. The lowest BCUT2D eigenvalue weighted by Gasteiger charge is -2.27. The smallest absolute Gasteiger partial charge is 0.275 e. The molecule has 0 atom stereocenters. The fourth-order valence-corrected chi connectivity index (χ4v) is 3.69. The van der Waals surface area contributed by atoms with Gasteiger partial charge in [-0.05, 0) is 55.9 Å². The highest BCUT2D eigenvalue weighted by atomic mass is 16.2.